The van der Waals surface area contributed by atoms with Crippen molar-refractivity contribution >= 4 is 11.8 Å². The Hall–Kier alpha value is -2.08. The third-order valence-electron chi connectivity index (χ3n) is 4.22. The molecule has 1 aliphatic rings. The quantitative estimate of drug-likeness (QED) is 0.610. The van der Waals surface area contributed by atoms with Crippen molar-refractivity contribution in [1.82, 2.24) is 9.80 Å². The van der Waals surface area contributed by atoms with Gasteiger partial charge in [0.05, 0.1) is 18.9 Å². The lowest BCUT2D eigenvalue weighted by Gasteiger charge is -2.28. The standard InChI is InChI=1S/C19H28N2O4/c1-3-7-18(22)20(10-4-2)15-19(23)21(13-16-8-5-11-24-16)14-17-9-6-12-25-17/h4-5,8,11,17H,2-3,6-7,9-10,12-15H2,1H3/t17-/m1/s1. The molecule has 0 unspecified atom stereocenters. The van der Waals surface area contributed by atoms with E-state index in [1.165, 1.54) is 0 Å². The van der Waals surface area contributed by atoms with Gasteiger partial charge in [-0.15, -0.1) is 6.58 Å². The van der Waals surface area contributed by atoms with Crippen molar-refractivity contribution in [3.63, 3.8) is 0 Å². The molecule has 2 amide bonds. The minimum absolute atomic E-state index is 0.0224. The maximum absolute atomic E-state index is 12.9. The highest BCUT2D eigenvalue weighted by Crippen LogP contribution is 2.16. The summed E-state index contributed by atoms with van der Waals surface area (Å²) in [7, 11) is 0. The van der Waals surface area contributed by atoms with Crippen molar-refractivity contribution < 1.29 is 18.7 Å². The van der Waals surface area contributed by atoms with Crippen LogP contribution in [0.5, 0.6) is 0 Å². The zero-order valence-corrected chi connectivity index (χ0v) is 15.0. The summed E-state index contributed by atoms with van der Waals surface area (Å²) in [5.41, 5.74) is 0. The largest absolute Gasteiger partial charge is 0.467 e. The first-order valence-electron chi connectivity index (χ1n) is 8.94. The molecule has 1 fully saturated rings. The molecule has 1 aromatic heterocycles. The zero-order valence-electron chi connectivity index (χ0n) is 15.0. The molecule has 0 aromatic carbocycles. The molecule has 0 radical (unpaired) electrons. The van der Waals surface area contributed by atoms with Gasteiger partial charge in [0.2, 0.25) is 11.8 Å². The summed E-state index contributed by atoms with van der Waals surface area (Å²) in [5.74, 6) is 0.602. The van der Waals surface area contributed by atoms with Gasteiger partial charge in [-0.05, 0) is 31.4 Å². The van der Waals surface area contributed by atoms with E-state index in [2.05, 4.69) is 6.58 Å². The van der Waals surface area contributed by atoms with Crippen LogP contribution in [0.2, 0.25) is 0 Å². The van der Waals surface area contributed by atoms with E-state index >= 15 is 0 Å². The lowest BCUT2D eigenvalue weighted by molar-refractivity contribution is -0.141. The number of carbonyl (C=O) groups excluding carboxylic acids is 2. The van der Waals surface area contributed by atoms with E-state index in [1.807, 2.05) is 13.0 Å². The molecule has 2 rings (SSSR count). The molecule has 1 aromatic rings. The molecule has 0 spiro atoms. The van der Waals surface area contributed by atoms with E-state index < -0.39 is 0 Å². The molecule has 0 aliphatic carbocycles. The highest BCUT2D eigenvalue weighted by molar-refractivity contribution is 5.85. The van der Waals surface area contributed by atoms with Gasteiger partial charge in [0.1, 0.15) is 12.3 Å². The lowest BCUT2D eigenvalue weighted by atomic mass is 10.2. The monoisotopic (exact) mass is 348 g/mol. The number of rotatable bonds is 10. The molecule has 6 heteroatoms. The first kappa shape index (κ1) is 19.2. The van der Waals surface area contributed by atoms with E-state index in [4.69, 9.17) is 9.15 Å². The Morgan fingerprint density at radius 1 is 1.36 bits per heavy atom. The number of carbonyl (C=O) groups is 2. The summed E-state index contributed by atoms with van der Waals surface area (Å²) in [4.78, 5) is 28.4. The van der Waals surface area contributed by atoms with Gasteiger partial charge in [-0.2, -0.15) is 0 Å². The predicted molar refractivity (Wildman–Crippen MR) is 94.8 cm³/mol. The zero-order chi connectivity index (χ0) is 18.1. The van der Waals surface area contributed by atoms with Gasteiger partial charge < -0.3 is 19.0 Å². The van der Waals surface area contributed by atoms with E-state index in [0.717, 1.165) is 31.6 Å². The summed E-state index contributed by atoms with van der Waals surface area (Å²) >= 11 is 0. The summed E-state index contributed by atoms with van der Waals surface area (Å²) in [5, 5.41) is 0. The average molecular weight is 348 g/mol. The van der Waals surface area contributed by atoms with Crippen LogP contribution in [-0.4, -0.2) is 54.0 Å². The van der Waals surface area contributed by atoms with Crippen LogP contribution in [0, 0.1) is 0 Å². The highest BCUT2D eigenvalue weighted by atomic mass is 16.5. The van der Waals surface area contributed by atoms with E-state index in [-0.39, 0.29) is 24.5 Å². The van der Waals surface area contributed by atoms with Gasteiger partial charge in [-0.1, -0.05) is 13.0 Å². The maximum atomic E-state index is 12.9. The van der Waals surface area contributed by atoms with Crippen LogP contribution >= 0.6 is 0 Å². The second-order valence-corrected chi connectivity index (χ2v) is 6.30. The molecule has 138 valence electrons. The Kier molecular flexibility index (Phi) is 7.73. The van der Waals surface area contributed by atoms with E-state index in [9.17, 15) is 9.59 Å². The predicted octanol–water partition coefficient (Wildman–Crippen LogP) is 2.60. The third-order valence-corrected chi connectivity index (χ3v) is 4.22. The number of hydrogen-bond acceptors (Lipinski definition) is 4. The van der Waals surface area contributed by atoms with Crippen molar-refractivity contribution in [3.05, 3.63) is 36.8 Å². The Morgan fingerprint density at radius 3 is 2.80 bits per heavy atom. The Morgan fingerprint density at radius 2 is 2.20 bits per heavy atom. The Balaban J connectivity index is 2.03. The van der Waals surface area contributed by atoms with Crippen molar-refractivity contribution in [2.24, 2.45) is 0 Å². The minimum Gasteiger partial charge on any atom is -0.467 e. The fraction of sp³-hybridized carbons (Fsp3) is 0.579. The average Bonchev–Trinajstić information content (AvgIpc) is 3.28. The van der Waals surface area contributed by atoms with Gasteiger partial charge in [0.25, 0.3) is 0 Å². The summed E-state index contributed by atoms with van der Waals surface area (Å²) in [6, 6.07) is 3.65. The van der Waals surface area contributed by atoms with Gasteiger partial charge in [0.15, 0.2) is 0 Å². The molecular formula is C19H28N2O4. The molecule has 0 saturated carbocycles. The molecule has 1 atom stereocenters. The number of hydrogen-bond donors (Lipinski definition) is 0. The number of amides is 2. The first-order chi connectivity index (χ1) is 12.1. The van der Waals surface area contributed by atoms with Crippen LogP contribution in [0.25, 0.3) is 0 Å². The van der Waals surface area contributed by atoms with Crippen LogP contribution in [0.1, 0.15) is 38.4 Å². The van der Waals surface area contributed by atoms with Crippen molar-refractivity contribution in [2.45, 2.75) is 45.3 Å². The minimum atomic E-state index is -0.0989. The molecule has 0 N–H and O–H groups in total. The van der Waals surface area contributed by atoms with Crippen LogP contribution in [0.4, 0.5) is 0 Å². The van der Waals surface area contributed by atoms with Crippen molar-refractivity contribution in [3.8, 4) is 0 Å². The van der Waals surface area contributed by atoms with E-state index in [1.54, 1.807) is 28.2 Å². The number of ether oxygens (including phenoxy) is 1. The van der Waals surface area contributed by atoms with Gasteiger partial charge in [0, 0.05) is 26.1 Å². The molecular weight excluding hydrogens is 320 g/mol. The normalized spacial score (nSPS) is 16.6. The van der Waals surface area contributed by atoms with Crippen LogP contribution in [0.3, 0.4) is 0 Å². The number of nitrogens with zero attached hydrogens (tertiary/aromatic N) is 2. The van der Waals surface area contributed by atoms with Crippen LogP contribution in [-0.2, 0) is 20.9 Å². The second kappa shape index (κ2) is 10.0. The summed E-state index contributed by atoms with van der Waals surface area (Å²) < 4.78 is 11.1. The smallest absolute Gasteiger partial charge is 0.242 e. The molecule has 1 aliphatic heterocycles. The van der Waals surface area contributed by atoms with Crippen molar-refractivity contribution in [1.29, 1.82) is 0 Å². The molecule has 1 saturated heterocycles. The summed E-state index contributed by atoms with van der Waals surface area (Å²) in [6.45, 7) is 7.71. The molecule has 25 heavy (non-hydrogen) atoms. The summed E-state index contributed by atoms with van der Waals surface area (Å²) in [6.07, 6.45) is 6.46. The van der Waals surface area contributed by atoms with Gasteiger partial charge in [-0.3, -0.25) is 9.59 Å². The first-order valence-corrected chi connectivity index (χ1v) is 8.94. The van der Waals surface area contributed by atoms with E-state index in [0.29, 0.717) is 26.1 Å². The topological polar surface area (TPSA) is 63.0 Å². The third kappa shape index (κ3) is 6.05. The fourth-order valence-electron chi connectivity index (χ4n) is 2.92. The molecule has 0 bridgehead atoms. The Labute approximate surface area is 149 Å². The maximum Gasteiger partial charge on any atom is 0.242 e. The van der Waals surface area contributed by atoms with Gasteiger partial charge >= 0.3 is 0 Å². The van der Waals surface area contributed by atoms with Crippen LogP contribution < -0.4 is 0 Å². The Bertz CT molecular complexity index is 550. The highest BCUT2D eigenvalue weighted by Gasteiger charge is 2.25. The fourth-order valence-corrected chi connectivity index (χ4v) is 2.92. The van der Waals surface area contributed by atoms with Crippen LogP contribution in [0.15, 0.2) is 35.5 Å². The number of furan rings is 1. The lowest BCUT2D eigenvalue weighted by Crippen LogP contribution is -2.45. The van der Waals surface area contributed by atoms with Gasteiger partial charge in [-0.25, -0.2) is 0 Å². The SMILES string of the molecule is C=CCN(CC(=O)N(Cc1ccco1)C[C@H]1CCCO1)C(=O)CCC. The van der Waals surface area contributed by atoms with Crippen molar-refractivity contribution in [2.75, 3.05) is 26.2 Å². The molecule has 2 heterocycles. The molecule has 6 nitrogen and oxygen atoms in total. The second-order valence-electron chi connectivity index (χ2n) is 6.30.